The lowest BCUT2D eigenvalue weighted by Gasteiger charge is -2.46. The summed E-state index contributed by atoms with van der Waals surface area (Å²) in [6.45, 7) is 2.32. The van der Waals surface area contributed by atoms with Crippen LogP contribution in [-0.4, -0.2) is 140 Å². The SMILES string of the molecule is CCCCCCCC/C=C/CC/C=C/CC/C=C/C(O)C(COC1OC(CO)C(OC2OC(CO)C(O)C(O)C2O)C(O)C1O)NC(=O)CCC. The number of allylic oxidation sites excluding steroid dienone is 5. The molecule has 0 saturated carbocycles. The number of unbranched alkanes of at least 4 members (excludes halogenated alkanes) is 8. The quantitative estimate of drug-likeness (QED) is 0.0477. The molecule has 0 aromatic heterocycles. The standard InChI is InChI=1S/C37H65NO13/c1-3-5-6-7-8-9-10-11-12-13-14-15-16-17-18-19-21-26(41)25(38-29(42)20-4-2)24-48-36-34(47)32(45)35(28(23-40)50-36)51-37-33(46)31(44)30(43)27(22-39)49-37/h11-12,15-16,19,21,25-28,30-37,39-41,43-47H,3-10,13-14,17-18,20,22-24H2,1-2H3,(H,38,42)/b12-11+,16-15+,21-19+. The fourth-order valence-corrected chi connectivity index (χ4v) is 5.89. The third-order valence-corrected chi connectivity index (χ3v) is 9.03. The smallest absolute Gasteiger partial charge is 0.220 e. The molecule has 0 aromatic carbocycles. The van der Waals surface area contributed by atoms with Gasteiger partial charge in [0.1, 0.15) is 48.8 Å². The third kappa shape index (κ3) is 16.0. The first-order valence-electron chi connectivity index (χ1n) is 18.7. The minimum absolute atomic E-state index is 0.219. The second-order valence-corrected chi connectivity index (χ2v) is 13.3. The number of aliphatic hydroxyl groups excluding tert-OH is 8. The third-order valence-electron chi connectivity index (χ3n) is 9.03. The van der Waals surface area contributed by atoms with Crippen LogP contribution in [0.3, 0.4) is 0 Å². The molecule has 2 saturated heterocycles. The van der Waals surface area contributed by atoms with Crippen LogP contribution in [0.15, 0.2) is 36.5 Å². The van der Waals surface area contributed by atoms with Crippen molar-refractivity contribution in [1.29, 1.82) is 0 Å². The predicted octanol–water partition coefficient (Wildman–Crippen LogP) is 1.25. The molecule has 14 nitrogen and oxygen atoms in total. The van der Waals surface area contributed by atoms with Gasteiger partial charge in [0, 0.05) is 6.42 Å². The van der Waals surface area contributed by atoms with Gasteiger partial charge in [-0.25, -0.2) is 0 Å². The highest BCUT2D eigenvalue weighted by Gasteiger charge is 2.50. The maximum atomic E-state index is 12.4. The van der Waals surface area contributed by atoms with Gasteiger partial charge in [-0.05, 0) is 44.9 Å². The van der Waals surface area contributed by atoms with Crippen LogP contribution in [0.25, 0.3) is 0 Å². The zero-order chi connectivity index (χ0) is 37.6. The van der Waals surface area contributed by atoms with Crippen LogP contribution in [0.5, 0.6) is 0 Å². The zero-order valence-corrected chi connectivity index (χ0v) is 30.3. The van der Waals surface area contributed by atoms with Crippen LogP contribution in [0.1, 0.15) is 97.3 Å². The maximum absolute atomic E-state index is 12.4. The Kier molecular flexibility index (Phi) is 23.2. The summed E-state index contributed by atoms with van der Waals surface area (Å²) in [5.74, 6) is -0.311. The Morgan fingerprint density at radius 2 is 1.25 bits per heavy atom. The normalized spacial score (nSPS) is 31.5. The molecule has 2 heterocycles. The van der Waals surface area contributed by atoms with Gasteiger partial charge in [0.05, 0.1) is 32.0 Å². The predicted molar refractivity (Wildman–Crippen MR) is 189 cm³/mol. The number of carbonyl (C=O) groups excluding carboxylic acids is 1. The van der Waals surface area contributed by atoms with E-state index in [1.165, 1.54) is 38.5 Å². The van der Waals surface area contributed by atoms with Gasteiger partial charge in [-0.15, -0.1) is 0 Å². The molecule has 12 unspecified atom stereocenters. The number of amides is 1. The monoisotopic (exact) mass is 731 g/mol. The van der Waals surface area contributed by atoms with E-state index in [1.54, 1.807) is 6.08 Å². The molecule has 14 heteroatoms. The molecule has 0 bridgehead atoms. The summed E-state index contributed by atoms with van der Waals surface area (Å²) < 4.78 is 22.3. The minimum Gasteiger partial charge on any atom is -0.394 e. The largest absolute Gasteiger partial charge is 0.394 e. The molecule has 0 aromatic rings. The summed E-state index contributed by atoms with van der Waals surface area (Å²) in [5.41, 5.74) is 0. The van der Waals surface area contributed by atoms with Gasteiger partial charge in [0.25, 0.3) is 0 Å². The van der Waals surface area contributed by atoms with Crippen LogP contribution in [0.2, 0.25) is 0 Å². The van der Waals surface area contributed by atoms with Crippen LogP contribution in [0.4, 0.5) is 0 Å². The highest BCUT2D eigenvalue weighted by Crippen LogP contribution is 2.29. The summed E-state index contributed by atoms with van der Waals surface area (Å²) in [4.78, 5) is 12.4. The first-order chi connectivity index (χ1) is 24.6. The van der Waals surface area contributed by atoms with E-state index in [1.807, 2.05) is 13.0 Å². The van der Waals surface area contributed by atoms with Crippen LogP contribution in [0, 0.1) is 0 Å². The molecule has 51 heavy (non-hydrogen) atoms. The fourth-order valence-electron chi connectivity index (χ4n) is 5.89. The zero-order valence-electron chi connectivity index (χ0n) is 30.3. The highest BCUT2D eigenvalue weighted by atomic mass is 16.7. The lowest BCUT2D eigenvalue weighted by Crippen LogP contribution is -2.65. The van der Waals surface area contributed by atoms with Gasteiger partial charge in [-0.1, -0.05) is 82.4 Å². The Balaban J connectivity index is 1.86. The van der Waals surface area contributed by atoms with Crippen molar-refractivity contribution in [3.8, 4) is 0 Å². The average Bonchev–Trinajstić information content (AvgIpc) is 3.12. The summed E-state index contributed by atoms with van der Waals surface area (Å²) in [7, 11) is 0. The minimum atomic E-state index is -1.79. The van der Waals surface area contributed by atoms with Gasteiger partial charge >= 0.3 is 0 Å². The van der Waals surface area contributed by atoms with Gasteiger partial charge in [0.15, 0.2) is 12.6 Å². The fraction of sp³-hybridized carbons (Fsp3) is 0.811. The van der Waals surface area contributed by atoms with Crippen molar-refractivity contribution in [2.45, 2.75) is 171 Å². The van der Waals surface area contributed by atoms with Crippen molar-refractivity contribution in [2.75, 3.05) is 19.8 Å². The van der Waals surface area contributed by atoms with Gasteiger partial charge in [-0.2, -0.15) is 0 Å². The molecular weight excluding hydrogens is 666 g/mol. The van der Waals surface area contributed by atoms with Crippen molar-refractivity contribution in [1.82, 2.24) is 5.32 Å². The number of rotatable bonds is 25. The molecule has 12 atom stereocenters. The van der Waals surface area contributed by atoms with Gasteiger partial charge < -0.3 is 65.1 Å². The van der Waals surface area contributed by atoms with Crippen molar-refractivity contribution < 1.29 is 64.6 Å². The molecule has 2 aliphatic heterocycles. The van der Waals surface area contributed by atoms with Gasteiger partial charge in [-0.3, -0.25) is 4.79 Å². The lowest BCUT2D eigenvalue weighted by atomic mass is 9.97. The van der Waals surface area contributed by atoms with Gasteiger partial charge in [0.2, 0.25) is 5.91 Å². The Bertz CT molecular complexity index is 1010. The van der Waals surface area contributed by atoms with E-state index in [4.69, 9.17) is 18.9 Å². The second kappa shape index (κ2) is 26.1. The summed E-state index contributed by atoms with van der Waals surface area (Å²) in [6, 6.07) is -0.928. The molecular formula is C37H65NO13. The van der Waals surface area contributed by atoms with Crippen molar-refractivity contribution in [3.63, 3.8) is 0 Å². The molecule has 2 aliphatic rings. The number of carbonyl (C=O) groups is 1. The lowest BCUT2D eigenvalue weighted by molar-refractivity contribution is -0.359. The van der Waals surface area contributed by atoms with E-state index < -0.39 is 86.8 Å². The molecule has 2 fully saturated rings. The van der Waals surface area contributed by atoms with Crippen LogP contribution >= 0.6 is 0 Å². The van der Waals surface area contributed by atoms with E-state index in [0.717, 1.165) is 25.7 Å². The Labute approximate surface area is 302 Å². The Hall–Kier alpha value is -1.79. The average molecular weight is 732 g/mol. The van der Waals surface area contributed by atoms with Crippen molar-refractivity contribution in [3.05, 3.63) is 36.5 Å². The highest BCUT2D eigenvalue weighted by molar-refractivity contribution is 5.76. The number of ether oxygens (including phenoxy) is 4. The van der Waals surface area contributed by atoms with E-state index >= 15 is 0 Å². The van der Waals surface area contributed by atoms with E-state index in [9.17, 15) is 45.6 Å². The molecule has 296 valence electrons. The number of hydrogen-bond acceptors (Lipinski definition) is 13. The number of aliphatic hydroxyl groups is 8. The summed E-state index contributed by atoms with van der Waals surface area (Å²) in [6.07, 6.45) is 8.23. The van der Waals surface area contributed by atoms with E-state index in [-0.39, 0.29) is 18.9 Å². The van der Waals surface area contributed by atoms with Crippen molar-refractivity contribution >= 4 is 5.91 Å². The Morgan fingerprint density at radius 3 is 1.88 bits per heavy atom. The topological polar surface area (TPSA) is 228 Å². The molecule has 0 radical (unpaired) electrons. The number of nitrogens with one attached hydrogen (secondary N) is 1. The van der Waals surface area contributed by atoms with E-state index in [2.05, 4.69) is 36.5 Å². The van der Waals surface area contributed by atoms with Crippen molar-refractivity contribution in [2.24, 2.45) is 0 Å². The molecule has 0 aliphatic carbocycles. The van der Waals surface area contributed by atoms with E-state index in [0.29, 0.717) is 12.8 Å². The molecule has 1 amide bonds. The summed E-state index contributed by atoms with van der Waals surface area (Å²) >= 11 is 0. The first-order valence-corrected chi connectivity index (χ1v) is 18.7. The second-order valence-electron chi connectivity index (χ2n) is 13.3. The molecule has 9 N–H and O–H groups in total. The first kappa shape index (κ1) is 45.4. The summed E-state index contributed by atoms with van der Waals surface area (Å²) in [5, 5.41) is 85.2. The Morgan fingerprint density at radius 1 is 0.686 bits per heavy atom. The maximum Gasteiger partial charge on any atom is 0.220 e. The molecule has 0 spiro atoms. The van der Waals surface area contributed by atoms with Crippen LogP contribution < -0.4 is 5.32 Å². The molecule has 2 rings (SSSR count). The van der Waals surface area contributed by atoms with Crippen LogP contribution in [-0.2, 0) is 23.7 Å². The number of hydrogen-bond donors (Lipinski definition) is 9.